The third-order valence-corrected chi connectivity index (χ3v) is 3.62. The summed E-state index contributed by atoms with van der Waals surface area (Å²) in [6.07, 6.45) is -0.982. The molecule has 1 unspecified atom stereocenters. The Balaban J connectivity index is 1.97. The summed E-state index contributed by atoms with van der Waals surface area (Å²) in [7, 11) is 0. The zero-order chi connectivity index (χ0) is 15.4. The summed E-state index contributed by atoms with van der Waals surface area (Å²) in [5.41, 5.74) is 1.13. The second-order valence-electron chi connectivity index (χ2n) is 5.19. The number of piperazine rings is 1. The molecule has 6 heteroatoms. The van der Waals surface area contributed by atoms with E-state index in [0.29, 0.717) is 43.9 Å². The number of halogens is 1. The Morgan fingerprint density at radius 1 is 1.43 bits per heavy atom. The molecule has 1 amide bonds. The molecule has 1 N–H and O–H groups in total. The summed E-state index contributed by atoms with van der Waals surface area (Å²) in [6.45, 7) is 4.28. The topological polar surface area (TPSA) is 67.6 Å². The zero-order valence-corrected chi connectivity index (χ0v) is 11.9. The monoisotopic (exact) mass is 291 g/mol. The van der Waals surface area contributed by atoms with Crippen LogP contribution < -0.4 is 0 Å². The lowest BCUT2D eigenvalue weighted by Gasteiger charge is -2.35. The van der Waals surface area contributed by atoms with Gasteiger partial charge in [0.2, 0.25) is 0 Å². The van der Waals surface area contributed by atoms with Crippen LogP contribution in [0.15, 0.2) is 18.2 Å². The van der Waals surface area contributed by atoms with E-state index < -0.39 is 6.10 Å². The zero-order valence-electron chi connectivity index (χ0n) is 11.9. The summed E-state index contributed by atoms with van der Waals surface area (Å²) in [4.78, 5) is 15.4. The van der Waals surface area contributed by atoms with Crippen molar-refractivity contribution in [2.24, 2.45) is 0 Å². The molecule has 1 aliphatic heterocycles. The molecule has 1 aromatic carbocycles. The number of amides is 1. The Morgan fingerprint density at radius 3 is 2.67 bits per heavy atom. The Hall–Kier alpha value is -1.97. The van der Waals surface area contributed by atoms with Crippen LogP contribution in [-0.2, 0) is 11.3 Å². The standard InChI is InChI=1S/C15H18FN3O2/c1-11(20)15(21)19-6-4-18(5-7-19)10-13-8-14(16)3-2-12(13)9-17/h2-3,8,11,20H,4-7,10H2,1H3. The molecule has 112 valence electrons. The lowest BCUT2D eigenvalue weighted by molar-refractivity contribution is -0.141. The minimum atomic E-state index is -0.982. The van der Waals surface area contributed by atoms with Crippen molar-refractivity contribution in [2.75, 3.05) is 26.2 Å². The van der Waals surface area contributed by atoms with E-state index in [4.69, 9.17) is 5.26 Å². The van der Waals surface area contributed by atoms with Gasteiger partial charge >= 0.3 is 0 Å². The van der Waals surface area contributed by atoms with Gasteiger partial charge in [0.25, 0.3) is 5.91 Å². The van der Waals surface area contributed by atoms with E-state index in [1.165, 1.54) is 25.1 Å². The SMILES string of the molecule is CC(O)C(=O)N1CCN(Cc2cc(F)ccc2C#N)CC1. The number of rotatable bonds is 3. The van der Waals surface area contributed by atoms with Crippen molar-refractivity contribution in [3.05, 3.63) is 35.1 Å². The lowest BCUT2D eigenvalue weighted by Crippen LogP contribution is -2.50. The van der Waals surface area contributed by atoms with Crippen LogP contribution in [0.25, 0.3) is 0 Å². The second-order valence-corrected chi connectivity index (χ2v) is 5.19. The first-order valence-electron chi connectivity index (χ1n) is 6.89. The van der Waals surface area contributed by atoms with Gasteiger partial charge in [0.15, 0.2) is 0 Å². The third kappa shape index (κ3) is 3.78. The van der Waals surface area contributed by atoms with Gasteiger partial charge in [-0.15, -0.1) is 0 Å². The van der Waals surface area contributed by atoms with Gasteiger partial charge in [0.1, 0.15) is 11.9 Å². The normalized spacial score (nSPS) is 17.3. The Kier molecular flexibility index (Phi) is 4.89. The van der Waals surface area contributed by atoms with Gasteiger partial charge in [0.05, 0.1) is 11.6 Å². The molecular weight excluding hydrogens is 273 g/mol. The maximum atomic E-state index is 13.3. The van der Waals surface area contributed by atoms with Gasteiger partial charge in [-0.25, -0.2) is 4.39 Å². The molecule has 5 nitrogen and oxygen atoms in total. The molecule has 21 heavy (non-hydrogen) atoms. The molecule has 0 aliphatic carbocycles. The van der Waals surface area contributed by atoms with Gasteiger partial charge in [-0.05, 0) is 30.7 Å². The third-order valence-electron chi connectivity index (χ3n) is 3.62. The average molecular weight is 291 g/mol. The van der Waals surface area contributed by atoms with Gasteiger partial charge in [-0.3, -0.25) is 9.69 Å². The highest BCUT2D eigenvalue weighted by atomic mass is 19.1. The average Bonchev–Trinajstić information content (AvgIpc) is 2.47. The quantitative estimate of drug-likeness (QED) is 0.891. The van der Waals surface area contributed by atoms with E-state index in [1.807, 2.05) is 0 Å². The van der Waals surface area contributed by atoms with Crippen molar-refractivity contribution in [1.82, 2.24) is 9.80 Å². The molecule has 0 spiro atoms. The van der Waals surface area contributed by atoms with Crippen LogP contribution in [0.4, 0.5) is 4.39 Å². The highest BCUT2D eigenvalue weighted by molar-refractivity contribution is 5.80. The summed E-state index contributed by atoms with van der Waals surface area (Å²) in [5.74, 6) is -0.620. The largest absolute Gasteiger partial charge is 0.384 e. The molecule has 0 aromatic heterocycles. The molecule has 2 rings (SSSR count). The van der Waals surface area contributed by atoms with Gasteiger partial charge < -0.3 is 10.0 Å². The van der Waals surface area contributed by atoms with Crippen LogP contribution in [0.3, 0.4) is 0 Å². The predicted molar refractivity (Wildman–Crippen MR) is 74.7 cm³/mol. The Bertz CT molecular complexity index is 561. The minimum Gasteiger partial charge on any atom is -0.384 e. The highest BCUT2D eigenvalue weighted by Crippen LogP contribution is 2.15. The number of benzene rings is 1. The van der Waals surface area contributed by atoms with Crippen LogP contribution in [0.5, 0.6) is 0 Å². The number of nitriles is 1. The van der Waals surface area contributed by atoms with Crippen LogP contribution in [-0.4, -0.2) is 53.1 Å². The predicted octanol–water partition coefficient (Wildman–Crippen LogP) is 0.722. The molecule has 0 saturated carbocycles. The van der Waals surface area contributed by atoms with E-state index in [-0.39, 0.29) is 11.7 Å². The van der Waals surface area contributed by atoms with Crippen LogP contribution >= 0.6 is 0 Å². The van der Waals surface area contributed by atoms with Crippen molar-refractivity contribution < 1.29 is 14.3 Å². The molecule has 0 bridgehead atoms. The fourth-order valence-corrected chi connectivity index (χ4v) is 2.43. The van der Waals surface area contributed by atoms with E-state index in [0.717, 1.165) is 0 Å². The molecule has 1 fully saturated rings. The number of carbonyl (C=O) groups excluding carboxylic acids is 1. The number of aliphatic hydroxyl groups is 1. The summed E-state index contributed by atoms with van der Waals surface area (Å²) in [6, 6.07) is 6.21. The fourth-order valence-electron chi connectivity index (χ4n) is 2.43. The smallest absolute Gasteiger partial charge is 0.251 e. The maximum Gasteiger partial charge on any atom is 0.251 e. The molecule has 1 aliphatic rings. The maximum absolute atomic E-state index is 13.3. The van der Waals surface area contributed by atoms with Gasteiger partial charge in [-0.2, -0.15) is 5.26 Å². The van der Waals surface area contributed by atoms with Crippen molar-refractivity contribution in [1.29, 1.82) is 5.26 Å². The number of carbonyl (C=O) groups is 1. The lowest BCUT2D eigenvalue weighted by atomic mass is 10.1. The number of aliphatic hydroxyl groups excluding tert-OH is 1. The van der Waals surface area contributed by atoms with Crippen LogP contribution in [0.1, 0.15) is 18.1 Å². The summed E-state index contributed by atoms with van der Waals surface area (Å²) in [5, 5.41) is 18.3. The number of nitrogens with zero attached hydrogens (tertiary/aromatic N) is 3. The van der Waals surface area contributed by atoms with E-state index in [1.54, 1.807) is 4.90 Å². The van der Waals surface area contributed by atoms with E-state index in [9.17, 15) is 14.3 Å². The van der Waals surface area contributed by atoms with Crippen molar-refractivity contribution in [3.63, 3.8) is 0 Å². The molecule has 1 atom stereocenters. The summed E-state index contributed by atoms with van der Waals surface area (Å²) < 4.78 is 13.3. The minimum absolute atomic E-state index is 0.266. The molecule has 0 radical (unpaired) electrons. The second kappa shape index (κ2) is 6.66. The fraction of sp³-hybridized carbons (Fsp3) is 0.467. The highest BCUT2D eigenvalue weighted by Gasteiger charge is 2.24. The van der Waals surface area contributed by atoms with Crippen LogP contribution in [0, 0.1) is 17.1 Å². The van der Waals surface area contributed by atoms with Crippen molar-refractivity contribution in [2.45, 2.75) is 19.6 Å². The molecule has 1 saturated heterocycles. The van der Waals surface area contributed by atoms with E-state index in [2.05, 4.69) is 11.0 Å². The Labute approximate surface area is 123 Å². The molecule has 1 aromatic rings. The molecule has 1 heterocycles. The van der Waals surface area contributed by atoms with Gasteiger partial charge in [-0.1, -0.05) is 0 Å². The Morgan fingerprint density at radius 2 is 2.10 bits per heavy atom. The first-order valence-corrected chi connectivity index (χ1v) is 6.89. The van der Waals surface area contributed by atoms with E-state index >= 15 is 0 Å². The number of hydrogen-bond acceptors (Lipinski definition) is 4. The summed E-state index contributed by atoms with van der Waals surface area (Å²) >= 11 is 0. The molecular formula is C15H18FN3O2. The number of hydrogen-bond donors (Lipinski definition) is 1. The van der Waals surface area contributed by atoms with Crippen molar-refractivity contribution >= 4 is 5.91 Å². The first kappa shape index (κ1) is 15.4. The first-order chi connectivity index (χ1) is 10.0. The van der Waals surface area contributed by atoms with Crippen molar-refractivity contribution in [3.8, 4) is 6.07 Å². The van der Waals surface area contributed by atoms with Crippen LogP contribution in [0.2, 0.25) is 0 Å². The van der Waals surface area contributed by atoms with Gasteiger partial charge in [0, 0.05) is 32.7 Å².